The van der Waals surface area contributed by atoms with Crippen molar-refractivity contribution in [3.63, 3.8) is 0 Å². The van der Waals surface area contributed by atoms with Crippen LogP contribution in [0.3, 0.4) is 0 Å². The van der Waals surface area contributed by atoms with Crippen molar-refractivity contribution in [1.82, 2.24) is 14.8 Å². The molecule has 0 unspecified atom stereocenters. The van der Waals surface area contributed by atoms with E-state index in [0.29, 0.717) is 22.2 Å². The summed E-state index contributed by atoms with van der Waals surface area (Å²) in [4.78, 5) is 12.6. The fourth-order valence-electron chi connectivity index (χ4n) is 2.83. The summed E-state index contributed by atoms with van der Waals surface area (Å²) < 4.78 is 7.67. The number of Topliss-reactive ketones (excluding diaryl/α,β-unsaturated/α-hetero) is 1. The van der Waals surface area contributed by atoms with Crippen LogP contribution in [0, 0.1) is 0 Å². The minimum Gasteiger partial charge on any atom is -0.457 e. The number of nitrogens with zero attached hydrogens (tertiary/aromatic N) is 3. The van der Waals surface area contributed by atoms with Crippen molar-refractivity contribution in [2.75, 3.05) is 5.75 Å². The molecule has 0 fully saturated rings. The van der Waals surface area contributed by atoms with Crippen molar-refractivity contribution in [1.29, 1.82) is 0 Å². The molecule has 5 nitrogen and oxygen atoms in total. The lowest BCUT2D eigenvalue weighted by molar-refractivity contribution is 0.102. The fourth-order valence-corrected chi connectivity index (χ4v) is 3.63. The van der Waals surface area contributed by atoms with E-state index < -0.39 is 0 Å². The van der Waals surface area contributed by atoms with Crippen LogP contribution in [0.15, 0.2) is 90.1 Å². The van der Waals surface area contributed by atoms with Crippen molar-refractivity contribution in [3.8, 4) is 22.9 Å². The maximum atomic E-state index is 12.6. The Hall–Kier alpha value is -3.38. The minimum absolute atomic E-state index is 0.0329. The molecular weight excluding hydrogens is 382 g/mol. The third-order valence-corrected chi connectivity index (χ3v) is 5.37. The Kier molecular flexibility index (Phi) is 5.72. The van der Waals surface area contributed by atoms with Gasteiger partial charge in [-0.2, -0.15) is 0 Å². The zero-order valence-corrected chi connectivity index (χ0v) is 16.7. The Morgan fingerprint density at radius 3 is 2.17 bits per heavy atom. The number of carbonyl (C=O) groups excluding carboxylic acids is 1. The van der Waals surface area contributed by atoms with Gasteiger partial charge in [0, 0.05) is 18.2 Å². The summed E-state index contributed by atoms with van der Waals surface area (Å²) in [5, 5.41) is 9.18. The Balaban J connectivity index is 1.38. The maximum absolute atomic E-state index is 12.6. The summed E-state index contributed by atoms with van der Waals surface area (Å²) in [6.45, 7) is 0. The van der Waals surface area contributed by atoms with Crippen molar-refractivity contribution in [2.24, 2.45) is 7.05 Å². The van der Waals surface area contributed by atoms with E-state index in [9.17, 15) is 4.79 Å². The molecule has 0 spiro atoms. The van der Waals surface area contributed by atoms with Crippen LogP contribution < -0.4 is 4.74 Å². The van der Waals surface area contributed by atoms with Gasteiger partial charge in [0.2, 0.25) is 0 Å². The lowest BCUT2D eigenvalue weighted by Crippen LogP contribution is -2.04. The quantitative estimate of drug-likeness (QED) is 0.313. The van der Waals surface area contributed by atoms with Crippen LogP contribution in [0.25, 0.3) is 11.4 Å². The number of hydrogen-bond donors (Lipinski definition) is 0. The van der Waals surface area contributed by atoms with Crippen LogP contribution >= 0.6 is 11.8 Å². The molecule has 0 aliphatic carbocycles. The molecule has 144 valence electrons. The van der Waals surface area contributed by atoms with Gasteiger partial charge in [0.05, 0.1) is 5.75 Å². The van der Waals surface area contributed by atoms with Gasteiger partial charge in [-0.3, -0.25) is 4.79 Å². The summed E-state index contributed by atoms with van der Waals surface area (Å²) >= 11 is 1.38. The highest BCUT2D eigenvalue weighted by Crippen LogP contribution is 2.24. The molecule has 1 heterocycles. The summed E-state index contributed by atoms with van der Waals surface area (Å²) in [6.07, 6.45) is 0. The molecule has 0 saturated heterocycles. The Labute approximate surface area is 173 Å². The predicted octanol–water partition coefficient (Wildman–Crippen LogP) is 5.25. The molecule has 4 rings (SSSR count). The van der Waals surface area contributed by atoms with Gasteiger partial charge >= 0.3 is 0 Å². The number of ketones is 1. The highest BCUT2D eigenvalue weighted by atomic mass is 32.2. The van der Waals surface area contributed by atoms with Crippen LogP contribution in [-0.4, -0.2) is 26.3 Å². The smallest absolute Gasteiger partial charge is 0.191 e. The standard InChI is InChI=1S/C23H19N3O2S/c1-26-22(18-8-4-2-5-9-18)24-25-23(26)29-16-21(27)17-12-14-20(15-13-17)28-19-10-6-3-7-11-19/h2-15H,16H2,1H3. The molecule has 0 aliphatic heterocycles. The van der Waals surface area contributed by atoms with Crippen molar-refractivity contribution in [2.45, 2.75) is 5.16 Å². The molecule has 29 heavy (non-hydrogen) atoms. The number of hydrogen-bond acceptors (Lipinski definition) is 5. The zero-order valence-electron chi connectivity index (χ0n) is 15.9. The minimum atomic E-state index is 0.0329. The molecule has 0 saturated carbocycles. The molecule has 6 heteroatoms. The average molecular weight is 401 g/mol. The number of aromatic nitrogens is 3. The largest absolute Gasteiger partial charge is 0.457 e. The molecule has 3 aromatic carbocycles. The van der Waals surface area contributed by atoms with E-state index in [1.807, 2.05) is 72.3 Å². The van der Waals surface area contributed by atoms with Gasteiger partial charge in [-0.1, -0.05) is 60.3 Å². The second-order valence-electron chi connectivity index (χ2n) is 6.38. The lowest BCUT2D eigenvalue weighted by Gasteiger charge is -2.06. The van der Waals surface area contributed by atoms with E-state index in [1.165, 1.54) is 11.8 Å². The lowest BCUT2D eigenvalue weighted by atomic mass is 10.1. The third-order valence-electron chi connectivity index (χ3n) is 4.35. The highest BCUT2D eigenvalue weighted by Gasteiger charge is 2.14. The van der Waals surface area contributed by atoms with Crippen LogP contribution in [0.1, 0.15) is 10.4 Å². The summed E-state index contributed by atoms with van der Waals surface area (Å²) in [6, 6.07) is 26.6. The van der Waals surface area contributed by atoms with Crippen molar-refractivity contribution in [3.05, 3.63) is 90.5 Å². The monoisotopic (exact) mass is 401 g/mol. The van der Waals surface area contributed by atoms with Gasteiger partial charge in [-0.15, -0.1) is 10.2 Å². The number of rotatable bonds is 7. The number of thioether (sulfide) groups is 1. The molecule has 0 aliphatic rings. The van der Waals surface area contributed by atoms with Gasteiger partial charge < -0.3 is 9.30 Å². The highest BCUT2D eigenvalue weighted by molar-refractivity contribution is 7.99. The Bertz CT molecular complexity index is 1090. The van der Waals surface area contributed by atoms with Crippen LogP contribution in [0.4, 0.5) is 0 Å². The van der Waals surface area contributed by atoms with E-state index in [4.69, 9.17) is 4.74 Å². The van der Waals surface area contributed by atoms with Crippen LogP contribution in [0.2, 0.25) is 0 Å². The van der Waals surface area contributed by atoms with Crippen LogP contribution in [-0.2, 0) is 7.05 Å². The van der Waals surface area contributed by atoms with Gasteiger partial charge in [-0.05, 0) is 36.4 Å². The predicted molar refractivity (Wildman–Crippen MR) is 114 cm³/mol. The third kappa shape index (κ3) is 4.55. The molecule has 0 N–H and O–H groups in total. The normalized spacial score (nSPS) is 10.7. The second kappa shape index (κ2) is 8.75. The topological polar surface area (TPSA) is 57.0 Å². The first-order valence-electron chi connectivity index (χ1n) is 9.14. The maximum Gasteiger partial charge on any atom is 0.191 e. The molecule has 0 amide bonds. The summed E-state index contributed by atoms with van der Waals surface area (Å²) in [5.74, 6) is 2.56. The van der Waals surface area contributed by atoms with E-state index in [1.54, 1.807) is 24.3 Å². The molecule has 0 radical (unpaired) electrons. The molecule has 1 aromatic heterocycles. The average Bonchev–Trinajstić information content (AvgIpc) is 3.14. The van der Waals surface area contributed by atoms with Gasteiger partial charge in [0.15, 0.2) is 16.8 Å². The van der Waals surface area contributed by atoms with Crippen molar-refractivity contribution < 1.29 is 9.53 Å². The number of ether oxygens (including phenoxy) is 1. The van der Waals surface area contributed by atoms with E-state index in [0.717, 1.165) is 17.1 Å². The first-order chi connectivity index (χ1) is 14.2. The second-order valence-corrected chi connectivity index (χ2v) is 7.33. The first kappa shape index (κ1) is 19.0. The van der Waals surface area contributed by atoms with E-state index >= 15 is 0 Å². The Morgan fingerprint density at radius 2 is 1.48 bits per heavy atom. The number of carbonyl (C=O) groups is 1. The van der Waals surface area contributed by atoms with E-state index in [2.05, 4.69) is 10.2 Å². The SMILES string of the molecule is Cn1c(SCC(=O)c2ccc(Oc3ccccc3)cc2)nnc1-c1ccccc1. The van der Waals surface area contributed by atoms with E-state index in [-0.39, 0.29) is 5.78 Å². The summed E-state index contributed by atoms with van der Waals surface area (Å²) in [7, 11) is 1.91. The number of benzene rings is 3. The van der Waals surface area contributed by atoms with Crippen LogP contribution in [0.5, 0.6) is 11.5 Å². The summed E-state index contributed by atoms with van der Waals surface area (Å²) in [5.41, 5.74) is 1.64. The molecular formula is C23H19N3O2S. The van der Waals surface area contributed by atoms with Gasteiger partial charge in [0.25, 0.3) is 0 Å². The first-order valence-corrected chi connectivity index (χ1v) is 10.1. The Morgan fingerprint density at radius 1 is 0.862 bits per heavy atom. The van der Waals surface area contributed by atoms with Crippen molar-refractivity contribution >= 4 is 17.5 Å². The molecule has 4 aromatic rings. The van der Waals surface area contributed by atoms with Gasteiger partial charge in [-0.25, -0.2) is 0 Å². The fraction of sp³-hybridized carbons (Fsp3) is 0.0870. The molecule has 0 atom stereocenters. The zero-order chi connectivity index (χ0) is 20.1. The molecule has 0 bridgehead atoms. The number of para-hydroxylation sites is 1. The van der Waals surface area contributed by atoms with Gasteiger partial charge in [0.1, 0.15) is 11.5 Å².